The largest absolute Gasteiger partial charge is 0.462 e. The Morgan fingerprint density at radius 2 is 0.506 bits per heavy atom. The highest BCUT2D eigenvalue weighted by Gasteiger charge is 2.19. The molecule has 0 amide bonds. The van der Waals surface area contributed by atoms with E-state index in [-0.39, 0.29) is 37.5 Å². The third kappa shape index (κ3) is 65.3. The van der Waals surface area contributed by atoms with Crippen LogP contribution in [0.2, 0.25) is 0 Å². The second-order valence-corrected chi connectivity index (χ2v) is 22.7. The van der Waals surface area contributed by atoms with Crippen molar-refractivity contribution >= 4 is 17.9 Å². The fourth-order valence-electron chi connectivity index (χ4n) is 9.76. The highest BCUT2D eigenvalue weighted by molar-refractivity contribution is 5.71. The van der Waals surface area contributed by atoms with Crippen LogP contribution in [0.4, 0.5) is 0 Å². The number of carbonyl (C=O) groups excluding carboxylic acids is 3. The number of hydrogen-bond donors (Lipinski definition) is 0. The maximum Gasteiger partial charge on any atom is 0.306 e. The van der Waals surface area contributed by atoms with Gasteiger partial charge < -0.3 is 14.2 Å². The van der Waals surface area contributed by atoms with Crippen LogP contribution >= 0.6 is 0 Å². The third-order valence-corrected chi connectivity index (χ3v) is 14.9. The van der Waals surface area contributed by atoms with Crippen molar-refractivity contribution in [2.75, 3.05) is 13.2 Å². The van der Waals surface area contributed by atoms with Crippen LogP contribution in [0.1, 0.15) is 342 Å². The molecule has 79 heavy (non-hydrogen) atoms. The number of ether oxygens (including phenoxy) is 3. The average molecular weight is 1100 g/mol. The van der Waals surface area contributed by atoms with E-state index < -0.39 is 6.10 Å². The van der Waals surface area contributed by atoms with Gasteiger partial charge in [0.2, 0.25) is 0 Å². The summed E-state index contributed by atoms with van der Waals surface area (Å²) in [5.74, 6) is -0.953. The van der Waals surface area contributed by atoms with Crippen molar-refractivity contribution in [2.24, 2.45) is 0 Å². The molecule has 0 radical (unpaired) electrons. The van der Waals surface area contributed by atoms with Crippen molar-refractivity contribution in [1.82, 2.24) is 0 Å². The van der Waals surface area contributed by atoms with E-state index in [0.717, 1.165) is 83.5 Å². The highest BCUT2D eigenvalue weighted by atomic mass is 16.6. The lowest BCUT2D eigenvalue weighted by Gasteiger charge is -2.18. The molecule has 456 valence electrons. The maximum absolute atomic E-state index is 12.9. The van der Waals surface area contributed by atoms with Crippen LogP contribution in [0, 0.1) is 0 Å². The molecule has 0 aromatic carbocycles. The molecule has 6 nitrogen and oxygen atoms in total. The average Bonchev–Trinajstić information content (AvgIpc) is 3.45. The first-order valence-electron chi connectivity index (χ1n) is 34.1. The van der Waals surface area contributed by atoms with E-state index in [0.29, 0.717) is 19.3 Å². The molecule has 0 saturated carbocycles. The Labute approximate surface area is 490 Å². The number of carbonyl (C=O) groups is 3. The lowest BCUT2D eigenvalue weighted by molar-refractivity contribution is -0.167. The minimum absolute atomic E-state index is 0.0994. The van der Waals surface area contributed by atoms with Crippen molar-refractivity contribution in [1.29, 1.82) is 0 Å². The molecule has 0 aliphatic heterocycles. The zero-order valence-electron chi connectivity index (χ0n) is 52.4. The summed E-state index contributed by atoms with van der Waals surface area (Å²) < 4.78 is 16.9. The predicted molar refractivity (Wildman–Crippen MR) is 344 cm³/mol. The summed E-state index contributed by atoms with van der Waals surface area (Å²) in [4.78, 5) is 38.3. The molecule has 0 N–H and O–H groups in total. The minimum atomic E-state index is -0.810. The molecule has 0 aliphatic carbocycles. The van der Waals surface area contributed by atoms with Gasteiger partial charge in [-0.15, -0.1) is 0 Å². The summed E-state index contributed by atoms with van der Waals surface area (Å²) in [6.07, 6.45) is 89.1. The van der Waals surface area contributed by atoms with Gasteiger partial charge in [0, 0.05) is 19.3 Å². The van der Waals surface area contributed by atoms with Crippen LogP contribution in [0.25, 0.3) is 0 Å². The molecule has 0 saturated heterocycles. The van der Waals surface area contributed by atoms with Gasteiger partial charge in [-0.2, -0.15) is 0 Å². The second kappa shape index (κ2) is 67.1. The van der Waals surface area contributed by atoms with E-state index >= 15 is 0 Å². The topological polar surface area (TPSA) is 78.9 Å². The first-order chi connectivity index (χ1) is 39.0. The predicted octanol–water partition coefficient (Wildman–Crippen LogP) is 23.4. The minimum Gasteiger partial charge on any atom is -0.462 e. The van der Waals surface area contributed by atoms with Crippen LogP contribution in [-0.2, 0) is 28.6 Å². The fourth-order valence-corrected chi connectivity index (χ4v) is 9.76. The molecule has 0 rings (SSSR count). The summed E-state index contributed by atoms with van der Waals surface area (Å²) in [5, 5.41) is 0. The Morgan fingerprint density at radius 1 is 0.266 bits per heavy atom. The first kappa shape index (κ1) is 75.6. The Hall–Kier alpha value is -3.41. The summed E-state index contributed by atoms with van der Waals surface area (Å²) in [6.45, 7) is 6.51. The van der Waals surface area contributed by atoms with Crippen LogP contribution in [0.15, 0.2) is 85.1 Å². The van der Waals surface area contributed by atoms with E-state index in [1.165, 1.54) is 212 Å². The number of unbranched alkanes of at least 4 members (excludes halogenated alkanes) is 37. The maximum atomic E-state index is 12.9. The van der Waals surface area contributed by atoms with Crippen LogP contribution < -0.4 is 0 Å². The molecule has 0 bridgehead atoms. The normalized spacial score (nSPS) is 12.6. The number of rotatable bonds is 62. The molecule has 0 aromatic heterocycles. The van der Waals surface area contributed by atoms with E-state index in [2.05, 4.69) is 106 Å². The number of esters is 3. The SMILES string of the molecule is CC/C=C\C/C=C\C/C=C\C/C=C\C/C=C\CCCC(=O)OC(COC(=O)CCCCCCC/C=C\CCCCCCCC)COC(=O)CCCCCCCCCCCCCCCCCCC/C=C\CCCCCCCCCC. The number of allylic oxidation sites excluding steroid dienone is 14. The van der Waals surface area contributed by atoms with Crippen LogP contribution in [0.3, 0.4) is 0 Å². The smallest absolute Gasteiger partial charge is 0.306 e. The Kier molecular flexibility index (Phi) is 64.2. The Bertz CT molecular complexity index is 1500. The Balaban J connectivity index is 4.29. The van der Waals surface area contributed by atoms with Crippen molar-refractivity contribution in [3.05, 3.63) is 85.1 Å². The van der Waals surface area contributed by atoms with Gasteiger partial charge in [0.25, 0.3) is 0 Å². The summed E-state index contributed by atoms with van der Waals surface area (Å²) in [5.41, 5.74) is 0. The van der Waals surface area contributed by atoms with Crippen molar-refractivity contribution < 1.29 is 28.6 Å². The van der Waals surface area contributed by atoms with Gasteiger partial charge in [0.15, 0.2) is 6.10 Å². The molecular weight excluding hydrogens is 973 g/mol. The molecule has 0 aromatic rings. The van der Waals surface area contributed by atoms with E-state index in [4.69, 9.17) is 14.2 Å². The van der Waals surface area contributed by atoms with Crippen LogP contribution in [0.5, 0.6) is 0 Å². The van der Waals surface area contributed by atoms with Gasteiger partial charge in [-0.1, -0.05) is 298 Å². The first-order valence-corrected chi connectivity index (χ1v) is 34.1. The molecule has 0 aliphatic rings. The summed E-state index contributed by atoms with van der Waals surface area (Å²) in [7, 11) is 0. The molecule has 6 heteroatoms. The molecular formula is C73H128O6. The quantitative estimate of drug-likeness (QED) is 0.0261. The van der Waals surface area contributed by atoms with Gasteiger partial charge in [-0.3, -0.25) is 14.4 Å². The second-order valence-electron chi connectivity index (χ2n) is 22.7. The molecule has 0 spiro atoms. The van der Waals surface area contributed by atoms with Crippen molar-refractivity contribution in [3.63, 3.8) is 0 Å². The van der Waals surface area contributed by atoms with Crippen molar-refractivity contribution in [3.8, 4) is 0 Å². The molecule has 0 heterocycles. The Morgan fingerprint density at radius 3 is 0.823 bits per heavy atom. The zero-order chi connectivity index (χ0) is 57.1. The molecule has 1 atom stereocenters. The van der Waals surface area contributed by atoms with Gasteiger partial charge in [0.05, 0.1) is 0 Å². The van der Waals surface area contributed by atoms with Crippen LogP contribution in [-0.4, -0.2) is 37.2 Å². The van der Waals surface area contributed by atoms with E-state index in [1.807, 2.05) is 0 Å². The molecule has 0 fully saturated rings. The van der Waals surface area contributed by atoms with Gasteiger partial charge >= 0.3 is 17.9 Å². The monoisotopic (exact) mass is 1100 g/mol. The standard InChI is InChI=1S/C73H128O6/c1-4-7-10-13-16-19-22-25-28-30-31-32-33-34-35-36-37-38-39-40-41-43-45-48-51-54-57-60-63-66-72(75)78-69-70(68-77-71(74)65-62-59-56-53-50-47-44-27-24-21-18-15-12-9-6-3)79-73(76)67-64-61-58-55-52-49-46-42-29-26-23-20-17-14-11-8-5-2/h8,11,17,20,26-27,29-31,44,46,49,55,58,70H,4-7,9-10,12-16,18-19,21-25,28,32-43,45,47-48,50-54,56-57,59-69H2,1-3H3/b11-8-,20-17-,29-26-,31-30-,44-27-,49-46-,58-55-. The third-order valence-electron chi connectivity index (χ3n) is 14.9. The lowest BCUT2D eigenvalue weighted by Crippen LogP contribution is -2.30. The lowest BCUT2D eigenvalue weighted by atomic mass is 10.0. The summed E-state index contributed by atoms with van der Waals surface area (Å²) >= 11 is 0. The zero-order valence-corrected chi connectivity index (χ0v) is 52.4. The van der Waals surface area contributed by atoms with E-state index in [9.17, 15) is 14.4 Å². The van der Waals surface area contributed by atoms with Gasteiger partial charge in [-0.05, 0) is 109 Å². The van der Waals surface area contributed by atoms with E-state index in [1.54, 1.807) is 0 Å². The highest BCUT2D eigenvalue weighted by Crippen LogP contribution is 2.17. The van der Waals surface area contributed by atoms with Gasteiger partial charge in [-0.25, -0.2) is 0 Å². The van der Waals surface area contributed by atoms with Crippen molar-refractivity contribution in [2.45, 2.75) is 348 Å². The fraction of sp³-hybridized carbons (Fsp3) is 0.767. The van der Waals surface area contributed by atoms with Gasteiger partial charge in [0.1, 0.15) is 13.2 Å². The summed E-state index contributed by atoms with van der Waals surface area (Å²) in [6, 6.07) is 0. The molecule has 1 unspecified atom stereocenters. The number of hydrogen-bond acceptors (Lipinski definition) is 6.